The summed E-state index contributed by atoms with van der Waals surface area (Å²) in [6, 6.07) is 1.90. The maximum atomic E-state index is 5.74. The monoisotopic (exact) mass is 252 g/mol. The normalized spacial score (nSPS) is 20.2. The molecule has 18 heavy (non-hydrogen) atoms. The number of rotatable bonds is 4. The Balaban J connectivity index is 2.15. The van der Waals surface area contributed by atoms with E-state index < -0.39 is 0 Å². The van der Waals surface area contributed by atoms with E-state index in [1.165, 1.54) is 0 Å². The summed E-state index contributed by atoms with van der Waals surface area (Å²) in [6.07, 6.45) is 1.81. The first-order valence-corrected chi connectivity index (χ1v) is 6.25. The zero-order valence-electron chi connectivity index (χ0n) is 10.9. The standard InChI is InChI=1S/C12H20N4O2/c1-9(2)18-11-3-4-14-12(15-11)16-5-6-17-8-10(16)7-13/h3-4,9-10H,5-8,13H2,1-2H3. The number of nitrogens with two attached hydrogens (primary N) is 1. The molecule has 0 saturated carbocycles. The highest BCUT2D eigenvalue weighted by atomic mass is 16.5. The molecule has 0 bridgehead atoms. The SMILES string of the molecule is CC(C)Oc1ccnc(N2CCOCC2CN)n1. The Morgan fingerprint density at radius 2 is 2.44 bits per heavy atom. The van der Waals surface area contributed by atoms with Crippen LogP contribution in [0, 0.1) is 0 Å². The van der Waals surface area contributed by atoms with Gasteiger partial charge in [0.15, 0.2) is 0 Å². The van der Waals surface area contributed by atoms with Crippen molar-refractivity contribution in [2.45, 2.75) is 26.0 Å². The van der Waals surface area contributed by atoms with Crippen LogP contribution in [0.15, 0.2) is 12.3 Å². The first-order valence-electron chi connectivity index (χ1n) is 6.25. The maximum absolute atomic E-state index is 5.74. The Morgan fingerprint density at radius 1 is 1.61 bits per heavy atom. The molecule has 1 aromatic rings. The molecule has 100 valence electrons. The van der Waals surface area contributed by atoms with Crippen LogP contribution in [0.5, 0.6) is 5.88 Å². The van der Waals surface area contributed by atoms with E-state index in [0.29, 0.717) is 31.6 Å². The minimum atomic E-state index is 0.0998. The Morgan fingerprint density at radius 3 is 3.17 bits per heavy atom. The Kier molecular flexibility index (Phi) is 4.33. The second kappa shape index (κ2) is 5.97. The van der Waals surface area contributed by atoms with E-state index >= 15 is 0 Å². The molecule has 1 unspecified atom stereocenters. The molecule has 2 N–H and O–H groups in total. The van der Waals surface area contributed by atoms with Crippen LogP contribution in [0.25, 0.3) is 0 Å². The van der Waals surface area contributed by atoms with Crippen molar-refractivity contribution in [3.63, 3.8) is 0 Å². The van der Waals surface area contributed by atoms with Gasteiger partial charge in [-0.05, 0) is 13.8 Å². The van der Waals surface area contributed by atoms with Gasteiger partial charge >= 0.3 is 0 Å². The third kappa shape index (κ3) is 3.08. The van der Waals surface area contributed by atoms with Gasteiger partial charge in [0.25, 0.3) is 0 Å². The number of nitrogens with zero attached hydrogens (tertiary/aromatic N) is 3. The van der Waals surface area contributed by atoms with Crippen molar-refractivity contribution in [2.24, 2.45) is 5.73 Å². The van der Waals surface area contributed by atoms with Crippen molar-refractivity contribution >= 4 is 5.95 Å². The van der Waals surface area contributed by atoms with Gasteiger partial charge in [-0.2, -0.15) is 4.98 Å². The van der Waals surface area contributed by atoms with Gasteiger partial charge < -0.3 is 20.1 Å². The second-order valence-corrected chi connectivity index (χ2v) is 4.52. The van der Waals surface area contributed by atoms with E-state index in [1.54, 1.807) is 12.3 Å². The summed E-state index contributed by atoms with van der Waals surface area (Å²) in [6.45, 7) is 6.52. The number of aromatic nitrogens is 2. The second-order valence-electron chi connectivity index (χ2n) is 4.52. The Labute approximate surface area is 107 Å². The molecule has 1 aliphatic rings. The van der Waals surface area contributed by atoms with Crippen LogP contribution in [0.2, 0.25) is 0 Å². The lowest BCUT2D eigenvalue weighted by Crippen LogP contribution is -2.50. The quantitative estimate of drug-likeness (QED) is 0.837. The lowest BCUT2D eigenvalue weighted by molar-refractivity contribution is 0.0952. The number of morpholine rings is 1. The molecule has 2 heterocycles. The molecular weight excluding hydrogens is 232 g/mol. The molecule has 2 rings (SSSR count). The van der Waals surface area contributed by atoms with Gasteiger partial charge in [0, 0.05) is 25.4 Å². The van der Waals surface area contributed by atoms with E-state index in [0.717, 1.165) is 6.54 Å². The summed E-state index contributed by atoms with van der Waals surface area (Å²) in [5, 5.41) is 0. The Bertz CT molecular complexity index is 386. The van der Waals surface area contributed by atoms with E-state index in [1.807, 2.05) is 13.8 Å². The van der Waals surface area contributed by atoms with Gasteiger partial charge in [0.2, 0.25) is 11.8 Å². The van der Waals surface area contributed by atoms with Crippen molar-refractivity contribution in [3.05, 3.63) is 12.3 Å². The average molecular weight is 252 g/mol. The molecule has 1 fully saturated rings. The molecule has 0 spiro atoms. The summed E-state index contributed by atoms with van der Waals surface area (Å²) < 4.78 is 11.0. The van der Waals surface area contributed by atoms with Crippen LogP contribution >= 0.6 is 0 Å². The highest BCUT2D eigenvalue weighted by molar-refractivity contribution is 5.34. The highest BCUT2D eigenvalue weighted by Gasteiger charge is 2.24. The molecule has 1 atom stereocenters. The number of hydrogen-bond donors (Lipinski definition) is 1. The van der Waals surface area contributed by atoms with E-state index in [9.17, 15) is 0 Å². The van der Waals surface area contributed by atoms with Gasteiger partial charge in [-0.15, -0.1) is 0 Å². The van der Waals surface area contributed by atoms with E-state index in [4.69, 9.17) is 15.2 Å². The Hall–Kier alpha value is -1.40. The molecule has 0 amide bonds. The van der Waals surface area contributed by atoms with Gasteiger partial charge in [-0.25, -0.2) is 4.98 Å². The molecule has 0 aliphatic carbocycles. The van der Waals surface area contributed by atoms with Crippen LogP contribution in [-0.4, -0.2) is 48.4 Å². The number of ether oxygens (including phenoxy) is 2. The topological polar surface area (TPSA) is 73.5 Å². The van der Waals surface area contributed by atoms with Gasteiger partial charge in [-0.1, -0.05) is 0 Å². The van der Waals surface area contributed by atoms with Gasteiger partial charge in [0.05, 0.1) is 25.4 Å². The summed E-state index contributed by atoms with van der Waals surface area (Å²) in [4.78, 5) is 10.8. The van der Waals surface area contributed by atoms with Crippen LogP contribution in [0.3, 0.4) is 0 Å². The minimum absolute atomic E-state index is 0.0998. The van der Waals surface area contributed by atoms with Crippen molar-refractivity contribution in [1.29, 1.82) is 0 Å². The molecule has 1 aromatic heterocycles. The van der Waals surface area contributed by atoms with Crippen LogP contribution in [0.4, 0.5) is 5.95 Å². The van der Waals surface area contributed by atoms with Crippen LogP contribution in [0.1, 0.15) is 13.8 Å². The molecule has 0 radical (unpaired) electrons. The molecule has 6 heteroatoms. The third-order valence-corrected chi connectivity index (χ3v) is 2.73. The number of anilines is 1. The fourth-order valence-electron chi connectivity index (χ4n) is 1.89. The smallest absolute Gasteiger partial charge is 0.229 e. The number of hydrogen-bond acceptors (Lipinski definition) is 6. The lowest BCUT2D eigenvalue weighted by atomic mass is 10.2. The molecular formula is C12H20N4O2. The largest absolute Gasteiger partial charge is 0.475 e. The zero-order chi connectivity index (χ0) is 13.0. The summed E-state index contributed by atoms with van der Waals surface area (Å²) in [7, 11) is 0. The molecule has 6 nitrogen and oxygen atoms in total. The average Bonchev–Trinajstić information content (AvgIpc) is 2.38. The predicted octanol–water partition coefficient (Wildman–Crippen LogP) is 0.428. The van der Waals surface area contributed by atoms with Crippen molar-refractivity contribution in [3.8, 4) is 5.88 Å². The highest BCUT2D eigenvalue weighted by Crippen LogP contribution is 2.17. The van der Waals surface area contributed by atoms with Crippen molar-refractivity contribution in [1.82, 2.24) is 9.97 Å². The van der Waals surface area contributed by atoms with Crippen LogP contribution < -0.4 is 15.4 Å². The fraction of sp³-hybridized carbons (Fsp3) is 0.667. The zero-order valence-corrected chi connectivity index (χ0v) is 10.9. The van der Waals surface area contributed by atoms with E-state index in [2.05, 4.69) is 14.9 Å². The fourth-order valence-corrected chi connectivity index (χ4v) is 1.89. The van der Waals surface area contributed by atoms with E-state index in [-0.39, 0.29) is 12.1 Å². The maximum Gasteiger partial charge on any atom is 0.229 e. The van der Waals surface area contributed by atoms with Gasteiger partial charge in [0.1, 0.15) is 0 Å². The first kappa shape index (κ1) is 13.0. The predicted molar refractivity (Wildman–Crippen MR) is 68.8 cm³/mol. The molecule has 1 saturated heterocycles. The lowest BCUT2D eigenvalue weighted by Gasteiger charge is -2.34. The first-order chi connectivity index (χ1) is 8.70. The van der Waals surface area contributed by atoms with Crippen molar-refractivity contribution < 1.29 is 9.47 Å². The third-order valence-electron chi connectivity index (χ3n) is 2.73. The summed E-state index contributed by atoms with van der Waals surface area (Å²) in [5.74, 6) is 1.25. The van der Waals surface area contributed by atoms with Crippen molar-refractivity contribution in [2.75, 3.05) is 31.2 Å². The minimum Gasteiger partial charge on any atom is -0.475 e. The molecule has 0 aromatic carbocycles. The van der Waals surface area contributed by atoms with Crippen LogP contribution in [-0.2, 0) is 4.74 Å². The summed E-state index contributed by atoms with van der Waals surface area (Å²) >= 11 is 0. The van der Waals surface area contributed by atoms with Gasteiger partial charge in [-0.3, -0.25) is 0 Å². The molecule has 1 aliphatic heterocycles. The summed E-state index contributed by atoms with van der Waals surface area (Å²) in [5.41, 5.74) is 5.74.